The van der Waals surface area contributed by atoms with E-state index in [1.54, 1.807) is 34.6 Å². The van der Waals surface area contributed by atoms with E-state index in [0.29, 0.717) is 31.7 Å². The molecule has 0 bridgehead atoms. The van der Waals surface area contributed by atoms with E-state index in [0.717, 1.165) is 11.6 Å². The summed E-state index contributed by atoms with van der Waals surface area (Å²) in [5.41, 5.74) is -0.183. The molecule has 5 rings (SSSR count). The van der Waals surface area contributed by atoms with Crippen molar-refractivity contribution in [1.29, 1.82) is 0 Å². The largest absolute Gasteiger partial charge is 0.416 e. The second kappa shape index (κ2) is 9.35. The number of piperidine rings is 1. The Kier molecular flexibility index (Phi) is 6.33. The molecule has 3 aromatic rings. The Morgan fingerprint density at radius 1 is 1.00 bits per heavy atom. The number of carbonyl (C=O) groups excluding carboxylic acids is 1. The lowest BCUT2D eigenvalue weighted by Gasteiger charge is -2.44. The number of urea groups is 1. The Hall–Kier alpha value is -3.63. The van der Waals surface area contributed by atoms with Crippen LogP contribution in [0, 0.1) is 11.6 Å². The van der Waals surface area contributed by atoms with Gasteiger partial charge in [0.1, 0.15) is 17.3 Å². The summed E-state index contributed by atoms with van der Waals surface area (Å²) in [4.78, 5) is 18.4. The number of rotatable bonds is 4. The first-order valence-electron chi connectivity index (χ1n) is 12.0. The number of benzene rings is 2. The molecule has 2 amide bonds. The zero-order chi connectivity index (χ0) is 26.5. The Bertz CT molecular complexity index is 1290. The van der Waals surface area contributed by atoms with Crippen LogP contribution < -0.4 is 9.80 Å². The topological polar surface area (TPSA) is 44.6 Å². The number of carbonyl (C=O) groups is 1. The average Bonchev–Trinajstić information content (AvgIpc) is 3.23. The van der Waals surface area contributed by atoms with Gasteiger partial charge < -0.3 is 9.80 Å². The van der Waals surface area contributed by atoms with Crippen LogP contribution in [0.5, 0.6) is 0 Å². The van der Waals surface area contributed by atoms with Crippen molar-refractivity contribution in [3.8, 4) is 0 Å². The van der Waals surface area contributed by atoms with Crippen molar-refractivity contribution in [1.82, 2.24) is 14.7 Å². The van der Waals surface area contributed by atoms with E-state index < -0.39 is 35.4 Å². The van der Waals surface area contributed by atoms with Gasteiger partial charge in [0.05, 0.1) is 18.2 Å². The van der Waals surface area contributed by atoms with Gasteiger partial charge in [0.25, 0.3) is 0 Å². The van der Waals surface area contributed by atoms with Crippen LogP contribution in [0.1, 0.15) is 42.5 Å². The van der Waals surface area contributed by atoms with Crippen molar-refractivity contribution in [3.05, 3.63) is 77.0 Å². The molecule has 37 heavy (non-hydrogen) atoms. The van der Waals surface area contributed by atoms with Gasteiger partial charge >= 0.3 is 12.2 Å². The molecule has 2 aliphatic rings. The van der Waals surface area contributed by atoms with Gasteiger partial charge in [-0.3, -0.25) is 9.58 Å². The fourth-order valence-electron chi connectivity index (χ4n) is 5.41. The summed E-state index contributed by atoms with van der Waals surface area (Å²) in [7, 11) is 1.70. The van der Waals surface area contributed by atoms with Crippen molar-refractivity contribution < 1.29 is 26.7 Å². The second-order valence-electron chi connectivity index (χ2n) is 9.48. The molecule has 1 fully saturated rings. The van der Waals surface area contributed by atoms with E-state index >= 15 is 0 Å². The van der Waals surface area contributed by atoms with E-state index in [2.05, 4.69) is 5.10 Å². The number of amides is 2. The molecule has 0 radical (unpaired) electrons. The number of halogens is 5. The Balaban J connectivity index is 1.43. The third kappa shape index (κ3) is 4.51. The summed E-state index contributed by atoms with van der Waals surface area (Å²) in [5, 5.41) is 4.39. The third-order valence-electron chi connectivity index (χ3n) is 7.17. The molecule has 0 unspecified atom stereocenters. The third-order valence-corrected chi connectivity index (χ3v) is 7.17. The molecule has 1 atom stereocenters. The van der Waals surface area contributed by atoms with Crippen LogP contribution in [0.3, 0.4) is 0 Å². The van der Waals surface area contributed by atoms with Crippen LogP contribution >= 0.6 is 0 Å². The van der Waals surface area contributed by atoms with Gasteiger partial charge in [-0.1, -0.05) is 24.3 Å². The van der Waals surface area contributed by atoms with Crippen LogP contribution in [-0.2, 0) is 19.8 Å². The van der Waals surface area contributed by atoms with Crippen molar-refractivity contribution >= 4 is 17.5 Å². The van der Waals surface area contributed by atoms with Gasteiger partial charge in [-0.05, 0) is 43.5 Å². The number of aromatic nitrogens is 2. The molecule has 1 aromatic heterocycles. The number of nitrogens with zero attached hydrogens (tertiary/aromatic N) is 5. The Labute approximate surface area is 210 Å². The summed E-state index contributed by atoms with van der Waals surface area (Å²) in [5.74, 6) is -0.953. The number of fused-ring (bicyclic) bond motifs is 1. The van der Waals surface area contributed by atoms with E-state index in [1.165, 1.54) is 41.3 Å². The number of hydrogen-bond acceptors (Lipinski definition) is 3. The summed E-state index contributed by atoms with van der Waals surface area (Å²) >= 11 is 0. The lowest BCUT2D eigenvalue weighted by atomic mass is 9.97. The molecule has 196 valence electrons. The predicted octanol–water partition coefficient (Wildman–Crippen LogP) is 5.89. The molecule has 0 aliphatic carbocycles. The minimum Gasteiger partial charge on any atom is -0.367 e. The van der Waals surface area contributed by atoms with Crippen molar-refractivity contribution in [3.63, 3.8) is 0 Å². The van der Waals surface area contributed by atoms with Crippen LogP contribution in [-0.4, -0.2) is 39.8 Å². The normalized spacial score (nSPS) is 17.8. The highest BCUT2D eigenvalue weighted by Crippen LogP contribution is 2.41. The molecule has 0 N–H and O–H groups in total. The molecule has 3 heterocycles. The zero-order valence-electron chi connectivity index (χ0n) is 20.3. The molecular weight excluding hydrogens is 493 g/mol. The maximum absolute atomic E-state index is 14.3. The van der Waals surface area contributed by atoms with E-state index in [9.17, 15) is 26.7 Å². The highest BCUT2D eigenvalue weighted by molar-refractivity contribution is 5.94. The smallest absolute Gasteiger partial charge is 0.367 e. The first-order chi connectivity index (χ1) is 17.6. The summed E-state index contributed by atoms with van der Waals surface area (Å²) in [6, 6.07) is 7.33. The van der Waals surface area contributed by atoms with Crippen LogP contribution in [0.2, 0.25) is 0 Å². The lowest BCUT2D eigenvalue weighted by Crippen LogP contribution is -2.55. The summed E-state index contributed by atoms with van der Waals surface area (Å²) in [6.45, 7) is 2.48. The quantitative estimate of drug-likeness (QED) is 0.404. The lowest BCUT2D eigenvalue weighted by molar-refractivity contribution is -0.138. The van der Waals surface area contributed by atoms with Crippen LogP contribution in [0.4, 0.5) is 38.3 Å². The number of alkyl halides is 3. The standard InChI is InChI=1S/C26H26F5N5O/c1-16(19-6-3-4-7-20(19)26(29,30)31)36-24-17(14-33(2)32-24)15-35(25(36)37)18-10-12-34(13-11-18)23-21(27)8-5-9-22(23)28/h3-9,14,16,18H,10-13,15H2,1-2H3/t16-/m1/s1. The molecule has 6 nitrogen and oxygen atoms in total. The summed E-state index contributed by atoms with van der Waals surface area (Å²) in [6.07, 6.45) is -1.91. The first-order valence-corrected chi connectivity index (χ1v) is 12.0. The van der Waals surface area contributed by atoms with Crippen molar-refractivity contribution in [2.75, 3.05) is 22.9 Å². The van der Waals surface area contributed by atoms with E-state index in [4.69, 9.17) is 0 Å². The van der Waals surface area contributed by atoms with Gasteiger partial charge in [-0.25, -0.2) is 13.6 Å². The van der Waals surface area contributed by atoms with Crippen molar-refractivity contribution in [2.24, 2.45) is 7.05 Å². The average molecular weight is 520 g/mol. The van der Waals surface area contributed by atoms with Gasteiger partial charge in [-0.2, -0.15) is 18.3 Å². The molecule has 11 heteroatoms. The molecule has 0 saturated carbocycles. The van der Waals surface area contributed by atoms with E-state index in [1.807, 2.05) is 0 Å². The predicted molar refractivity (Wildman–Crippen MR) is 128 cm³/mol. The molecule has 1 saturated heterocycles. The van der Waals surface area contributed by atoms with Gasteiger partial charge in [0.15, 0.2) is 5.82 Å². The summed E-state index contributed by atoms with van der Waals surface area (Å²) < 4.78 is 71.5. The molecular formula is C26H26F5N5O. The molecule has 2 aromatic carbocycles. The fourth-order valence-corrected chi connectivity index (χ4v) is 5.41. The highest BCUT2D eigenvalue weighted by Gasteiger charge is 2.43. The van der Waals surface area contributed by atoms with Crippen LogP contribution in [0.25, 0.3) is 0 Å². The SMILES string of the molecule is C[C@H](c1ccccc1C(F)(F)F)N1C(=O)N(C2CCN(c3c(F)cccc3F)CC2)Cc2cn(C)nc21. The maximum atomic E-state index is 14.3. The minimum absolute atomic E-state index is 0.0216. The number of para-hydroxylation sites is 1. The molecule has 2 aliphatic heterocycles. The minimum atomic E-state index is -4.58. The second-order valence-corrected chi connectivity index (χ2v) is 9.48. The number of aryl methyl sites for hydroxylation is 1. The number of hydrogen-bond donors (Lipinski definition) is 0. The number of anilines is 2. The molecule has 0 spiro atoms. The first kappa shape index (κ1) is 25.0. The van der Waals surface area contributed by atoms with E-state index in [-0.39, 0.29) is 23.8 Å². The maximum Gasteiger partial charge on any atom is 0.416 e. The Morgan fingerprint density at radius 3 is 2.30 bits per heavy atom. The van der Waals surface area contributed by atoms with Crippen LogP contribution in [0.15, 0.2) is 48.7 Å². The zero-order valence-corrected chi connectivity index (χ0v) is 20.3. The van der Waals surface area contributed by atoms with Gasteiger partial charge in [-0.15, -0.1) is 0 Å². The van der Waals surface area contributed by atoms with Gasteiger partial charge in [0, 0.05) is 37.9 Å². The van der Waals surface area contributed by atoms with Gasteiger partial charge in [0.2, 0.25) is 0 Å². The fraction of sp³-hybridized carbons (Fsp3) is 0.385. The highest BCUT2D eigenvalue weighted by atomic mass is 19.4. The van der Waals surface area contributed by atoms with Crippen molar-refractivity contribution in [2.45, 2.75) is 44.6 Å². The monoisotopic (exact) mass is 519 g/mol. The Morgan fingerprint density at radius 2 is 1.65 bits per heavy atom.